The summed E-state index contributed by atoms with van der Waals surface area (Å²) in [5.41, 5.74) is 2.43. The molecule has 24 heavy (non-hydrogen) atoms. The molecule has 0 unspecified atom stereocenters. The monoisotopic (exact) mass is 364 g/mol. The summed E-state index contributed by atoms with van der Waals surface area (Å²) in [6.45, 7) is 1.66. The quantitative estimate of drug-likeness (QED) is 0.340. The molecule has 0 radical (unpaired) electrons. The summed E-state index contributed by atoms with van der Waals surface area (Å²) in [5, 5.41) is 7.92. The van der Waals surface area contributed by atoms with Crippen molar-refractivity contribution in [2.24, 2.45) is 4.99 Å². The van der Waals surface area contributed by atoms with Crippen molar-refractivity contribution in [3.05, 3.63) is 63.9 Å². The normalized spacial score (nSPS) is 11.4. The van der Waals surface area contributed by atoms with Gasteiger partial charge in [0.15, 0.2) is 5.96 Å². The summed E-state index contributed by atoms with van der Waals surface area (Å²) in [6, 6.07) is 11.8. The Balaban J connectivity index is 1.63. The van der Waals surface area contributed by atoms with Crippen molar-refractivity contribution in [2.45, 2.75) is 19.3 Å². The maximum absolute atomic E-state index is 5.89. The molecule has 0 saturated carbocycles. The highest BCUT2D eigenvalue weighted by molar-refractivity contribution is 6.30. The summed E-state index contributed by atoms with van der Waals surface area (Å²) < 4.78 is 0. The van der Waals surface area contributed by atoms with Crippen LogP contribution in [0.5, 0.6) is 0 Å². The van der Waals surface area contributed by atoms with E-state index in [0.717, 1.165) is 48.9 Å². The summed E-state index contributed by atoms with van der Waals surface area (Å²) in [7, 11) is 1.78. The van der Waals surface area contributed by atoms with Gasteiger partial charge in [-0.3, -0.25) is 4.99 Å². The SMILES string of the molecule is CN=C(NCCCc1ccc(Cl)cc1)NCCc1ccc(Cl)nc1. The van der Waals surface area contributed by atoms with Crippen LogP contribution in [0.3, 0.4) is 0 Å². The van der Waals surface area contributed by atoms with Crippen molar-refractivity contribution in [3.63, 3.8) is 0 Å². The molecule has 0 bridgehead atoms. The number of nitrogens with zero attached hydrogens (tertiary/aromatic N) is 2. The van der Waals surface area contributed by atoms with Crippen LogP contribution in [0.15, 0.2) is 47.6 Å². The van der Waals surface area contributed by atoms with Gasteiger partial charge >= 0.3 is 0 Å². The van der Waals surface area contributed by atoms with Crippen molar-refractivity contribution in [1.29, 1.82) is 0 Å². The number of benzene rings is 1. The highest BCUT2D eigenvalue weighted by Gasteiger charge is 1.99. The molecule has 0 spiro atoms. The van der Waals surface area contributed by atoms with Crippen molar-refractivity contribution in [1.82, 2.24) is 15.6 Å². The van der Waals surface area contributed by atoms with Crippen LogP contribution in [-0.4, -0.2) is 31.1 Å². The van der Waals surface area contributed by atoms with Crippen LogP contribution in [0.25, 0.3) is 0 Å². The lowest BCUT2D eigenvalue weighted by atomic mass is 10.1. The minimum Gasteiger partial charge on any atom is -0.356 e. The van der Waals surface area contributed by atoms with Crippen molar-refractivity contribution in [3.8, 4) is 0 Å². The van der Waals surface area contributed by atoms with Gasteiger partial charge < -0.3 is 10.6 Å². The third kappa shape index (κ3) is 6.77. The number of halogens is 2. The fourth-order valence-corrected chi connectivity index (χ4v) is 2.49. The number of pyridine rings is 1. The smallest absolute Gasteiger partial charge is 0.190 e. The van der Waals surface area contributed by atoms with Gasteiger partial charge in [-0.2, -0.15) is 0 Å². The maximum atomic E-state index is 5.89. The first-order valence-corrected chi connectivity index (χ1v) is 8.72. The number of guanidine groups is 1. The molecule has 0 aliphatic carbocycles. The lowest BCUT2D eigenvalue weighted by molar-refractivity contribution is 0.738. The van der Waals surface area contributed by atoms with Crippen LogP contribution >= 0.6 is 23.2 Å². The minimum atomic E-state index is 0.518. The fraction of sp³-hybridized carbons (Fsp3) is 0.333. The number of aliphatic imine (C=N–C) groups is 1. The van der Waals surface area contributed by atoms with Gasteiger partial charge in [0.25, 0.3) is 0 Å². The van der Waals surface area contributed by atoms with Crippen LogP contribution in [0, 0.1) is 0 Å². The molecule has 4 nitrogen and oxygen atoms in total. The van der Waals surface area contributed by atoms with E-state index < -0.39 is 0 Å². The van der Waals surface area contributed by atoms with Gasteiger partial charge in [0.05, 0.1) is 0 Å². The Labute approximate surface area is 153 Å². The predicted molar refractivity (Wildman–Crippen MR) is 102 cm³/mol. The van der Waals surface area contributed by atoms with Crippen LogP contribution in [0.1, 0.15) is 17.5 Å². The molecule has 6 heteroatoms. The van der Waals surface area contributed by atoms with Crippen molar-refractivity contribution in [2.75, 3.05) is 20.1 Å². The van der Waals surface area contributed by atoms with E-state index in [1.165, 1.54) is 5.56 Å². The molecule has 0 atom stereocenters. The summed E-state index contributed by atoms with van der Waals surface area (Å²) in [6.07, 6.45) is 4.71. The molecule has 2 N–H and O–H groups in total. The zero-order chi connectivity index (χ0) is 17.2. The molecule has 1 aromatic heterocycles. The maximum Gasteiger partial charge on any atom is 0.190 e. The van der Waals surface area contributed by atoms with Gasteiger partial charge in [-0.25, -0.2) is 4.98 Å². The summed E-state index contributed by atoms with van der Waals surface area (Å²) in [5.74, 6) is 0.813. The predicted octanol–water partition coefficient (Wildman–Crippen LogP) is 3.73. The second kappa shape index (κ2) is 10.2. The topological polar surface area (TPSA) is 49.3 Å². The average molecular weight is 365 g/mol. The zero-order valence-corrected chi connectivity index (χ0v) is 15.2. The van der Waals surface area contributed by atoms with Crippen LogP contribution in [-0.2, 0) is 12.8 Å². The van der Waals surface area contributed by atoms with Crippen molar-refractivity contribution < 1.29 is 0 Å². The van der Waals surface area contributed by atoms with Gasteiger partial charge in [0.1, 0.15) is 5.15 Å². The molecule has 0 aliphatic heterocycles. The third-order valence-electron chi connectivity index (χ3n) is 3.57. The first-order valence-electron chi connectivity index (χ1n) is 7.97. The van der Waals surface area contributed by atoms with Crippen LogP contribution in [0.2, 0.25) is 10.2 Å². The Morgan fingerprint density at radius 2 is 1.67 bits per heavy atom. The molecule has 2 aromatic rings. The van der Waals surface area contributed by atoms with Crippen LogP contribution in [0.4, 0.5) is 0 Å². The Hall–Kier alpha value is -1.78. The van der Waals surface area contributed by atoms with Gasteiger partial charge in [0, 0.05) is 31.4 Å². The summed E-state index contributed by atoms with van der Waals surface area (Å²) in [4.78, 5) is 8.31. The number of hydrogen-bond donors (Lipinski definition) is 2. The second-order valence-corrected chi connectivity index (χ2v) is 6.22. The lowest BCUT2D eigenvalue weighted by Crippen LogP contribution is -2.38. The highest BCUT2D eigenvalue weighted by atomic mass is 35.5. The summed E-state index contributed by atoms with van der Waals surface area (Å²) >= 11 is 11.7. The molecule has 1 aromatic carbocycles. The number of aromatic nitrogens is 1. The van der Waals surface area contributed by atoms with E-state index in [1.54, 1.807) is 19.3 Å². The van der Waals surface area contributed by atoms with E-state index in [2.05, 4.69) is 32.7 Å². The highest BCUT2D eigenvalue weighted by Crippen LogP contribution is 2.10. The van der Waals surface area contributed by atoms with Crippen LogP contribution < -0.4 is 10.6 Å². The molecular formula is C18H22Cl2N4. The largest absolute Gasteiger partial charge is 0.356 e. The van der Waals surface area contributed by atoms with Gasteiger partial charge in [-0.1, -0.05) is 41.4 Å². The second-order valence-electron chi connectivity index (χ2n) is 5.39. The first kappa shape index (κ1) is 18.6. The number of nitrogens with one attached hydrogen (secondary N) is 2. The Kier molecular flexibility index (Phi) is 7.86. The zero-order valence-electron chi connectivity index (χ0n) is 13.7. The molecule has 0 amide bonds. The average Bonchev–Trinajstić information content (AvgIpc) is 2.60. The Morgan fingerprint density at radius 3 is 2.33 bits per heavy atom. The van der Waals surface area contributed by atoms with E-state index in [-0.39, 0.29) is 0 Å². The standard InChI is InChI=1S/C18H22Cl2N4/c1-21-18(23-12-10-15-6-9-17(20)24-13-15)22-11-2-3-14-4-7-16(19)8-5-14/h4-9,13H,2-3,10-12H2,1H3,(H2,21,22,23). The third-order valence-corrected chi connectivity index (χ3v) is 4.04. The first-order chi connectivity index (χ1) is 11.7. The number of rotatable bonds is 7. The van der Waals surface area contributed by atoms with E-state index in [9.17, 15) is 0 Å². The minimum absolute atomic E-state index is 0.518. The van der Waals surface area contributed by atoms with Crippen molar-refractivity contribution >= 4 is 29.2 Å². The van der Waals surface area contributed by atoms with E-state index in [4.69, 9.17) is 23.2 Å². The van der Waals surface area contributed by atoms with E-state index in [0.29, 0.717) is 5.15 Å². The molecule has 0 aliphatic rings. The molecule has 2 rings (SSSR count). The molecular weight excluding hydrogens is 343 g/mol. The Bertz CT molecular complexity index is 639. The van der Waals surface area contributed by atoms with Gasteiger partial charge in [-0.15, -0.1) is 0 Å². The van der Waals surface area contributed by atoms with E-state index in [1.807, 2.05) is 18.2 Å². The fourth-order valence-electron chi connectivity index (χ4n) is 2.25. The molecule has 1 heterocycles. The van der Waals surface area contributed by atoms with Gasteiger partial charge in [-0.05, 0) is 48.6 Å². The number of aryl methyl sites for hydroxylation is 1. The van der Waals surface area contributed by atoms with E-state index >= 15 is 0 Å². The lowest BCUT2D eigenvalue weighted by Gasteiger charge is -2.12. The molecule has 0 fully saturated rings. The molecule has 128 valence electrons. The van der Waals surface area contributed by atoms with Gasteiger partial charge in [0.2, 0.25) is 0 Å². The number of hydrogen-bond acceptors (Lipinski definition) is 2. The Morgan fingerprint density at radius 1 is 0.958 bits per heavy atom. The molecule has 0 saturated heterocycles.